The fourth-order valence-electron chi connectivity index (χ4n) is 4.16. The molecule has 1 aromatic carbocycles. The van der Waals surface area contributed by atoms with E-state index in [-0.39, 0.29) is 6.09 Å². The number of rotatable bonds is 4. The highest BCUT2D eigenvalue weighted by atomic mass is 19.1. The summed E-state index contributed by atoms with van der Waals surface area (Å²) in [5, 5.41) is 6.05. The lowest BCUT2D eigenvalue weighted by molar-refractivity contribution is 0.0273. The van der Waals surface area contributed by atoms with Crippen molar-refractivity contribution in [1.29, 1.82) is 0 Å². The summed E-state index contributed by atoms with van der Waals surface area (Å²) >= 11 is 0. The van der Waals surface area contributed by atoms with E-state index in [1.807, 2.05) is 39.8 Å². The van der Waals surface area contributed by atoms with Gasteiger partial charge in [0.15, 0.2) is 5.82 Å². The maximum absolute atomic E-state index is 15.9. The molecular weight excluding hydrogens is 437 g/mol. The van der Waals surface area contributed by atoms with Crippen LogP contribution in [0.2, 0.25) is 0 Å². The highest BCUT2D eigenvalue weighted by molar-refractivity contribution is 5.79. The van der Waals surface area contributed by atoms with Crippen LogP contribution in [0.5, 0.6) is 5.75 Å². The maximum Gasteiger partial charge on any atom is 0.410 e. The molecule has 0 unspecified atom stereocenters. The Balaban J connectivity index is 1.66. The van der Waals surface area contributed by atoms with Gasteiger partial charge in [-0.25, -0.2) is 14.2 Å². The molecule has 0 bridgehead atoms. The number of aryl methyl sites for hydroxylation is 1. The van der Waals surface area contributed by atoms with Crippen molar-refractivity contribution in [3.63, 3.8) is 0 Å². The summed E-state index contributed by atoms with van der Waals surface area (Å²) in [6.07, 6.45) is 3.57. The number of allylic oxidation sites excluding steroid dienone is 1. The van der Waals surface area contributed by atoms with Crippen LogP contribution in [-0.4, -0.2) is 53.3 Å². The molecular formula is C25H32FN5O3. The molecule has 4 rings (SSSR count). The van der Waals surface area contributed by atoms with Gasteiger partial charge in [0.2, 0.25) is 5.95 Å². The summed E-state index contributed by atoms with van der Waals surface area (Å²) in [5.41, 5.74) is 2.72. The standard InChI is InChI=1S/C25H32FN5O3/c1-15-13-19(27-5)30-23(28-15)29-18-14-17-9-12-33-22(17)20(21(18)26)16-7-6-10-31(11-8-16)24(32)34-25(2,3)4/h8,13-14H,6-7,9-12H2,1-5H3,(H2,27,28,29,30). The summed E-state index contributed by atoms with van der Waals surface area (Å²) in [4.78, 5) is 23.0. The third-order valence-corrected chi connectivity index (χ3v) is 5.67. The normalized spacial score (nSPS) is 15.7. The number of amides is 1. The zero-order chi connectivity index (χ0) is 24.5. The number of carbonyl (C=O) groups is 1. The van der Waals surface area contributed by atoms with E-state index in [2.05, 4.69) is 20.6 Å². The average molecular weight is 470 g/mol. The zero-order valence-electron chi connectivity index (χ0n) is 20.4. The van der Waals surface area contributed by atoms with Crippen LogP contribution in [0, 0.1) is 12.7 Å². The van der Waals surface area contributed by atoms with Crippen molar-refractivity contribution < 1.29 is 18.7 Å². The topological polar surface area (TPSA) is 88.6 Å². The molecule has 0 spiro atoms. The van der Waals surface area contributed by atoms with Crippen LogP contribution in [0.25, 0.3) is 5.57 Å². The van der Waals surface area contributed by atoms with Crippen molar-refractivity contribution in [2.75, 3.05) is 37.4 Å². The number of nitrogens with one attached hydrogen (secondary N) is 2. The lowest BCUT2D eigenvalue weighted by Crippen LogP contribution is -2.37. The van der Waals surface area contributed by atoms with Crippen LogP contribution < -0.4 is 15.4 Å². The molecule has 1 aromatic heterocycles. The van der Waals surface area contributed by atoms with E-state index in [9.17, 15) is 4.79 Å². The van der Waals surface area contributed by atoms with E-state index in [4.69, 9.17) is 9.47 Å². The minimum atomic E-state index is -0.568. The SMILES string of the molecule is CNc1cc(C)nc(Nc2cc3c(c(C4=CCN(C(=O)OC(C)(C)C)CCC4)c2F)OCC3)n1. The van der Waals surface area contributed by atoms with Crippen molar-refractivity contribution in [3.05, 3.63) is 40.8 Å². The third kappa shape index (κ3) is 5.24. The van der Waals surface area contributed by atoms with E-state index in [1.54, 1.807) is 18.0 Å². The number of hydrogen-bond acceptors (Lipinski definition) is 7. The first kappa shape index (κ1) is 23.8. The molecule has 8 nitrogen and oxygen atoms in total. The number of hydrogen-bond donors (Lipinski definition) is 2. The lowest BCUT2D eigenvalue weighted by Gasteiger charge is -2.25. The fraction of sp³-hybridized carbons (Fsp3) is 0.480. The lowest BCUT2D eigenvalue weighted by atomic mass is 9.96. The smallest absolute Gasteiger partial charge is 0.410 e. The van der Waals surface area contributed by atoms with E-state index in [0.29, 0.717) is 67.7 Å². The number of fused-ring (bicyclic) bond motifs is 1. The van der Waals surface area contributed by atoms with Gasteiger partial charge in [0.05, 0.1) is 17.9 Å². The van der Waals surface area contributed by atoms with Gasteiger partial charge in [-0.15, -0.1) is 0 Å². The molecule has 34 heavy (non-hydrogen) atoms. The summed E-state index contributed by atoms with van der Waals surface area (Å²) in [6, 6.07) is 3.59. The van der Waals surface area contributed by atoms with E-state index >= 15 is 4.39 Å². The second kappa shape index (κ2) is 9.48. The van der Waals surface area contributed by atoms with Crippen molar-refractivity contribution in [3.8, 4) is 5.75 Å². The Morgan fingerprint density at radius 1 is 1.24 bits per heavy atom. The summed E-state index contributed by atoms with van der Waals surface area (Å²) < 4.78 is 27.3. The molecule has 0 saturated heterocycles. The van der Waals surface area contributed by atoms with Crippen molar-refractivity contribution in [1.82, 2.24) is 14.9 Å². The van der Waals surface area contributed by atoms with E-state index < -0.39 is 11.4 Å². The Labute approximate surface area is 199 Å². The van der Waals surface area contributed by atoms with Gasteiger partial charge in [-0.05, 0) is 52.2 Å². The molecule has 1 amide bonds. The molecule has 2 aliphatic heterocycles. The van der Waals surface area contributed by atoms with Gasteiger partial charge in [0, 0.05) is 43.9 Å². The summed E-state index contributed by atoms with van der Waals surface area (Å²) in [5.74, 6) is 1.14. The van der Waals surface area contributed by atoms with Gasteiger partial charge in [0.1, 0.15) is 17.2 Å². The number of halogens is 1. The molecule has 0 aliphatic carbocycles. The predicted molar refractivity (Wildman–Crippen MR) is 130 cm³/mol. The molecule has 3 heterocycles. The second-order valence-corrected chi connectivity index (χ2v) is 9.55. The number of ether oxygens (including phenoxy) is 2. The van der Waals surface area contributed by atoms with Gasteiger partial charge in [-0.3, -0.25) is 0 Å². The quantitative estimate of drug-likeness (QED) is 0.647. The first-order chi connectivity index (χ1) is 16.1. The molecule has 9 heteroatoms. The first-order valence-electron chi connectivity index (χ1n) is 11.6. The molecule has 0 atom stereocenters. The Hall–Kier alpha value is -3.36. The largest absolute Gasteiger partial charge is 0.492 e. The van der Waals surface area contributed by atoms with Gasteiger partial charge in [-0.2, -0.15) is 4.98 Å². The monoisotopic (exact) mass is 469 g/mol. The van der Waals surface area contributed by atoms with Crippen molar-refractivity contribution >= 4 is 29.1 Å². The highest BCUT2D eigenvalue weighted by Gasteiger charge is 2.28. The molecule has 0 radical (unpaired) electrons. The van der Waals surface area contributed by atoms with Crippen molar-refractivity contribution in [2.45, 2.75) is 52.6 Å². The van der Waals surface area contributed by atoms with Crippen LogP contribution in [0.4, 0.5) is 26.6 Å². The van der Waals surface area contributed by atoms with Gasteiger partial charge in [-0.1, -0.05) is 6.08 Å². The first-order valence-corrected chi connectivity index (χ1v) is 11.6. The van der Waals surface area contributed by atoms with Crippen LogP contribution in [0.15, 0.2) is 18.2 Å². The molecule has 0 fully saturated rings. The Bertz CT molecular complexity index is 1130. The predicted octanol–water partition coefficient (Wildman–Crippen LogP) is 5.06. The third-order valence-electron chi connectivity index (χ3n) is 5.67. The number of benzene rings is 1. The van der Waals surface area contributed by atoms with Crippen LogP contribution in [0.3, 0.4) is 0 Å². The molecule has 182 valence electrons. The van der Waals surface area contributed by atoms with Gasteiger partial charge in [0.25, 0.3) is 0 Å². The Kier molecular flexibility index (Phi) is 6.63. The molecule has 2 aliphatic rings. The molecule has 2 aromatic rings. The summed E-state index contributed by atoms with van der Waals surface area (Å²) in [7, 11) is 1.77. The van der Waals surface area contributed by atoms with Crippen LogP contribution in [-0.2, 0) is 11.2 Å². The van der Waals surface area contributed by atoms with Crippen molar-refractivity contribution in [2.24, 2.45) is 0 Å². The Morgan fingerprint density at radius 3 is 2.76 bits per heavy atom. The van der Waals surface area contributed by atoms with Crippen LogP contribution in [0.1, 0.15) is 50.4 Å². The number of carbonyl (C=O) groups excluding carboxylic acids is 1. The van der Waals surface area contributed by atoms with Gasteiger partial charge < -0.3 is 25.0 Å². The van der Waals surface area contributed by atoms with Crippen LogP contribution >= 0.6 is 0 Å². The van der Waals surface area contributed by atoms with Gasteiger partial charge >= 0.3 is 6.09 Å². The van der Waals surface area contributed by atoms with E-state index in [1.165, 1.54) is 0 Å². The van der Waals surface area contributed by atoms with E-state index in [0.717, 1.165) is 16.8 Å². The number of anilines is 3. The zero-order valence-corrected chi connectivity index (χ0v) is 20.4. The molecule has 0 saturated carbocycles. The second-order valence-electron chi connectivity index (χ2n) is 9.55. The number of nitrogens with zero attached hydrogens (tertiary/aromatic N) is 3. The fourth-order valence-corrected chi connectivity index (χ4v) is 4.16. The summed E-state index contributed by atoms with van der Waals surface area (Å²) in [6.45, 7) is 8.79. The number of aromatic nitrogens is 2. The minimum Gasteiger partial charge on any atom is -0.492 e. The minimum absolute atomic E-state index is 0.307. The maximum atomic E-state index is 15.9. The molecule has 2 N–H and O–H groups in total. The average Bonchev–Trinajstić information content (AvgIpc) is 3.07. The Morgan fingerprint density at radius 2 is 2.03 bits per heavy atom. The highest BCUT2D eigenvalue weighted by Crippen LogP contribution is 2.42.